The van der Waals surface area contributed by atoms with E-state index in [9.17, 15) is 0 Å². The van der Waals surface area contributed by atoms with E-state index < -0.39 is 0 Å². The third-order valence-electron chi connectivity index (χ3n) is 2.59. The predicted octanol–water partition coefficient (Wildman–Crippen LogP) is 2.70. The van der Waals surface area contributed by atoms with Gasteiger partial charge in [0.1, 0.15) is 0 Å². The van der Waals surface area contributed by atoms with Crippen molar-refractivity contribution in [2.45, 2.75) is 18.9 Å². The number of thiophene rings is 1. The number of anilines is 1. The molecule has 14 heavy (non-hydrogen) atoms. The summed E-state index contributed by atoms with van der Waals surface area (Å²) < 4.78 is 1.21. The molecule has 2 rings (SSSR count). The second-order valence-corrected chi connectivity index (χ2v) is 6.19. The van der Waals surface area contributed by atoms with Crippen molar-refractivity contribution in [1.29, 1.82) is 0 Å². The van der Waals surface area contributed by atoms with Gasteiger partial charge in [-0.3, -0.25) is 0 Å². The van der Waals surface area contributed by atoms with Crippen molar-refractivity contribution in [3.8, 4) is 0 Å². The van der Waals surface area contributed by atoms with Crippen LogP contribution in [0.2, 0.25) is 0 Å². The molecule has 1 aromatic rings. The van der Waals surface area contributed by atoms with Gasteiger partial charge < -0.3 is 10.2 Å². The molecule has 1 N–H and O–H groups in total. The molecule has 0 saturated carbocycles. The molecule has 2 heterocycles. The second-order valence-electron chi connectivity index (χ2n) is 3.75. The van der Waals surface area contributed by atoms with Crippen LogP contribution in [0.1, 0.15) is 12.8 Å². The van der Waals surface area contributed by atoms with E-state index in [4.69, 9.17) is 0 Å². The van der Waals surface area contributed by atoms with E-state index >= 15 is 0 Å². The summed E-state index contributed by atoms with van der Waals surface area (Å²) in [6, 6.07) is 4.96. The minimum Gasteiger partial charge on any atom is -0.365 e. The van der Waals surface area contributed by atoms with E-state index in [2.05, 4.69) is 45.3 Å². The van der Waals surface area contributed by atoms with Gasteiger partial charge in [-0.15, -0.1) is 11.3 Å². The van der Waals surface area contributed by atoms with Crippen molar-refractivity contribution in [3.05, 3.63) is 15.9 Å². The predicted molar refractivity (Wildman–Crippen MR) is 66.3 cm³/mol. The summed E-state index contributed by atoms with van der Waals surface area (Å²) in [5, 5.41) is 4.85. The van der Waals surface area contributed by atoms with E-state index in [1.807, 2.05) is 0 Å². The van der Waals surface area contributed by atoms with Crippen LogP contribution < -0.4 is 10.2 Å². The van der Waals surface area contributed by atoms with Gasteiger partial charge in [-0.25, -0.2) is 0 Å². The molecule has 0 aromatic carbocycles. The Bertz CT molecular complexity index is 294. The largest absolute Gasteiger partial charge is 0.365 e. The standard InChI is InChI=1S/C10H15BrN2S/c1-13(7-8-3-2-6-12-8)10-5-4-9(11)14-10/h4-5,8,12H,2-3,6-7H2,1H3. The van der Waals surface area contributed by atoms with Crippen LogP contribution in [-0.2, 0) is 0 Å². The van der Waals surface area contributed by atoms with Gasteiger partial charge in [-0.1, -0.05) is 0 Å². The number of likely N-dealkylation sites (N-methyl/N-ethyl adjacent to an activating group) is 1. The fourth-order valence-corrected chi connectivity index (χ4v) is 3.18. The Kier molecular flexibility index (Phi) is 3.47. The fourth-order valence-electron chi connectivity index (χ4n) is 1.84. The van der Waals surface area contributed by atoms with E-state index in [1.165, 1.54) is 28.2 Å². The molecule has 2 nitrogen and oxygen atoms in total. The van der Waals surface area contributed by atoms with Gasteiger partial charge in [0.05, 0.1) is 8.79 Å². The van der Waals surface area contributed by atoms with Crippen LogP contribution in [0.5, 0.6) is 0 Å². The van der Waals surface area contributed by atoms with Crippen molar-refractivity contribution >= 4 is 32.3 Å². The highest BCUT2D eigenvalue weighted by atomic mass is 79.9. The Morgan fingerprint density at radius 3 is 3.07 bits per heavy atom. The minimum absolute atomic E-state index is 0.681. The number of hydrogen-bond donors (Lipinski definition) is 1. The van der Waals surface area contributed by atoms with Gasteiger partial charge >= 0.3 is 0 Å². The lowest BCUT2D eigenvalue weighted by atomic mass is 10.2. The maximum absolute atomic E-state index is 3.52. The van der Waals surface area contributed by atoms with Gasteiger partial charge in [-0.05, 0) is 47.4 Å². The summed E-state index contributed by atoms with van der Waals surface area (Å²) in [6.07, 6.45) is 2.64. The Morgan fingerprint density at radius 2 is 2.50 bits per heavy atom. The van der Waals surface area contributed by atoms with Crippen LogP contribution in [0.4, 0.5) is 5.00 Å². The van der Waals surface area contributed by atoms with E-state index in [0.29, 0.717) is 6.04 Å². The Labute approximate surface area is 97.4 Å². The fraction of sp³-hybridized carbons (Fsp3) is 0.600. The molecule has 0 spiro atoms. The number of hydrogen-bond acceptors (Lipinski definition) is 3. The van der Waals surface area contributed by atoms with Crippen LogP contribution in [0.25, 0.3) is 0 Å². The molecule has 1 saturated heterocycles. The van der Waals surface area contributed by atoms with Crippen LogP contribution in [0.15, 0.2) is 15.9 Å². The van der Waals surface area contributed by atoms with E-state index in [-0.39, 0.29) is 0 Å². The summed E-state index contributed by atoms with van der Waals surface area (Å²) in [5.74, 6) is 0. The molecule has 0 amide bonds. The molecular formula is C10H15BrN2S. The average Bonchev–Trinajstić information content (AvgIpc) is 2.75. The lowest BCUT2D eigenvalue weighted by Crippen LogP contribution is -2.34. The highest BCUT2D eigenvalue weighted by molar-refractivity contribution is 9.11. The van der Waals surface area contributed by atoms with Crippen molar-refractivity contribution in [3.63, 3.8) is 0 Å². The molecule has 1 aromatic heterocycles. The third kappa shape index (κ3) is 2.49. The zero-order chi connectivity index (χ0) is 9.97. The zero-order valence-electron chi connectivity index (χ0n) is 8.29. The highest BCUT2D eigenvalue weighted by Crippen LogP contribution is 2.29. The molecule has 4 heteroatoms. The topological polar surface area (TPSA) is 15.3 Å². The Balaban J connectivity index is 1.91. The summed E-state index contributed by atoms with van der Waals surface area (Å²) in [7, 11) is 2.16. The Morgan fingerprint density at radius 1 is 1.64 bits per heavy atom. The minimum atomic E-state index is 0.681. The molecule has 1 fully saturated rings. The number of halogens is 1. The summed E-state index contributed by atoms with van der Waals surface area (Å²) >= 11 is 5.28. The normalized spacial score (nSPS) is 21.4. The van der Waals surface area contributed by atoms with Gasteiger partial charge in [0.2, 0.25) is 0 Å². The second kappa shape index (κ2) is 4.64. The quantitative estimate of drug-likeness (QED) is 0.912. The van der Waals surface area contributed by atoms with Crippen LogP contribution in [0.3, 0.4) is 0 Å². The molecule has 1 aliphatic heterocycles. The van der Waals surface area contributed by atoms with Gasteiger partial charge in [0.15, 0.2) is 0 Å². The number of nitrogens with zero attached hydrogens (tertiary/aromatic N) is 1. The molecule has 0 bridgehead atoms. The van der Waals surface area contributed by atoms with Crippen molar-refractivity contribution in [2.75, 3.05) is 25.0 Å². The SMILES string of the molecule is CN(CC1CCCN1)c1ccc(Br)s1. The first kappa shape index (κ1) is 10.5. The highest BCUT2D eigenvalue weighted by Gasteiger charge is 2.16. The molecule has 78 valence electrons. The number of nitrogens with one attached hydrogen (secondary N) is 1. The van der Waals surface area contributed by atoms with Gasteiger partial charge in [-0.2, -0.15) is 0 Å². The molecular weight excluding hydrogens is 260 g/mol. The zero-order valence-corrected chi connectivity index (χ0v) is 10.7. The van der Waals surface area contributed by atoms with Crippen LogP contribution >= 0.6 is 27.3 Å². The molecule has 0 radical (unpaired) electrons. The lowest BCUT2D eigenvalue weighted by Gasteiger charge is -2.21. The summed E-state index contributed by atoms with van der Waals surface area (Å²) in [6.45, 7) is 2.31. The average molecular weight is 275 g/mol. The lowest BCUT2D eigenvalue weighted by molar-refractivity contribution is 0.601. The summed E-state index contributed by atoms with van der Waals surface area (Å²) in [5.41, 5.74) is 0. The van der Waals surface area contributed by atoms with Crippen molar-refractivity contribution < 1.29 is 0 Å². The van der Waals surface area contributed by atoms with Gasteiger partial charge in [0, 0.05) is 19.6 Å². The van der Waals surface area contributed by atoms with Crippen molar-refractivity contribution in [1.82, 2.24) is 5.32 Å². The molecule has 1 unspecified atom stereocenters. The van der Waals surface area contributed by atoms with E-state index in [1.54, 1.807) is 11.3 Å². The third-order valence-corrected chi connectivity index (χ3v) is 4.33. The summed E-state index contributed by atoms with van der Waals surface area (Å²) in [4.78, 5) is 2.33. The van der Waals surface area contributed by atoms with E-state index in [0.717, 1.165) is 6.54 Å². The van der Waals surface area contributed by atoms with Gasteiger partial charge in [0.25, 0.3) is 0 Å². The monoisotopic (exact) mass is 274 g/mol. The first-order valence-corrected chi connectivity index (χ1v) is 6.56. The maximum atomic E-state index is 3.52. The maximum Gasteiger partial charge on any atom is 0.0918 e. The Hall–Kier alpha value is -0.0600. The molecule has 1 atom stereocenters. The van der Waals surface area contributed by atoms with Crippen LogP contribution in [-0.4, -0.2) is 26.2 Å². The number of rotatable bonds is 3. The smallest absolute Gasteiger partial charge is 0.0918 e. The first-order valence-electron chi connectivity index (χ1n) is 4.95. The molecule has 0 aliphatic carbocycles. The molecule has 1 aliphatic rings. The van der Waals surface area contributed by atoms with Crippen molar-refractivity contribution in [2.24, 2.45) is 0 Å². The van der Waals surface area contributed by atoms with Crippen LogP contribution in [0, 0.1) is 0 Å². The first-order chi connectivity index (χ1) is 6.75.